The maximum atomic E-state index is 13.0. The lowest BCUT2D eigenvalue weighted by molar-refractivity contribution is 0.0728. The highest BCUT2D eigenvalue weighted by molar-refractivity contribution is 5.98. The summed E-state index contributed by atoms with van der Waals surface area (Å²) in [5.74, 6) is 0.969. The summed E-state index contributed by atoms with van der Waals surface area (Å²) in [5.41, 5.74) is 2.27. The van der Waals surface area contributed by atoms with Crippen LogP contribution in [0.3, 0.4) is 0 Å². The van der Waals surface area contributed by atoms with Crippen LogP contribution in [0.15, 0.2) is 42.6 Å². The van der Waals surface area contributed by atoms with Crippen LogP contribution in [-0.2, 0) is 0 Å². The molecule has 3 fully saturated rings. The highest BCUT2D eigenvalue weighted by atomic mass is 16.2. The number of hydrogen-bond acceptors (Lipinski definition) is 8. The van der Waals surface area contributed by atoms with E-state index >= 15 is 0 Å². The van der Waals surface area contributed by atoms with Crippen molar-refractivity contribution < 1.29 is 9.59 Å². The third kappa shape index (κ3) is 7.66. The summed E-state index contributed by atoms with van der Waals surface area (Å²) in [4.78, 5) is 36.2. The molecule has 4 heterocycles. The molecule has 10 heteroatoms. The van der Waals surface area contributed by atoms with Crippen molar-refractivity contribution in [3.8, 4) is 0 Å². The molecule has 0 unspecified atom stereocenters. The fourth-order valence-electron chi connectivity index (χ4n) is 4.79. The van der Waals surface area contributed by atoms with Gasteiger partial charge in [0.25, 0.3) is 11.8 Å². The molecule has 38 heavy (non-hydrogen) atoms. The molecule has 3 saturated heterocycles. The maximum Gasteiger partial charge on any atom is 0.253 e. The lowest BCUT2D eigenvalue weighted by Gasteiger charge is -2.36. The second kappa shape index (κ2) is 14.1. The molecule has 206 valence electrons. The zero-order valence-corrected chi connectivity index (χ0v) is 22.7. The van der Waals surface area contributed by atoms with E-state index in [1.165, 1.54) is 0 Å². The summed E-state index contributed by atoms with van der Waals surface area (Å²) < 4.78 is 0. The van der Waals surface area contributed by atoms with Gasteiger partial charge in [0.1, 0.15) is 0 Å². The normalized spacial score (nSPS) is 18.0. The first kappa shape index (κ1) is 27.8. The van der Waals surface area contributed by atoms with E-state index in [0.29, 0.717) is 43.3 Å². The summed E-state index contributed by atoms with van der Waals surface area (Å²) >= 11 is 0. The van der Waals surface area contributed by atoms with E-state index in [4.69, 9.17) is 0 Å². The number of carbonyl (C=O) groups excluding carboxylic acids is 2. The fraction of sp³-hybridized carbons (Fsp3) is 0.536. The van der Waals surface area contributed by atoms with Gasteiger partial charge in [-0.05, 0) is 50.2 Å². The molecule has 1 aromatic heterocycles. The third-order valence-corrected chi connectivity index (χ3v) is 6.84. The molecule has 0 aliphatic carbocycles. The van der Waals surface area contributed by atoms with E-state index in [1.54, 1.807) is 24.3 Å². The fourth-order valence-corrected chi connectivity index (χ4v) is 4.79. The average Bonchev–Trinajstić information content (AvgIpc) is 2.98. The van der Waals surface area contributed by atoms with Crippen molar-refractivity contribution in [1.82, 2.24) is 30.7 Å². The molecular weight excluding hydrogens is 480 g/mol. The van der Waals surface area contributed by atoms with Gasteiger partial charge in [0.05, 0.1) is 5.69 Å². The van der Waals surface area contributed by atoms with Crippen LogP contribution in [0.5, 0.6) is 0 Å². The number of nitrogens with one attached hydrogen (secondary N) is 4. The molecule has 2 aromatic rings. The number of rotatable bonds is 5. The highest BCUT2D eigenvalue weighted by Crippen LogP contribution is 2.25. The molecule has 3 aliphatic heterocycles. The molecule has 0 radical (unpaired) electrons. The van der Waals surface area contributed by atoms with Gasteiger partial charge in [-0.1, -0.05) is 0 Å². The Hall–Kier alpha value is -3.21. The molecule has 0 spiro atoms. The van der Waals surface area contributed by atoms with Gasteiger partial charge in [-0.25, -0.2) is 4.98 Å². The Morgan fingerprint density at radius 3 is 1.74 bits per heavy atom. The number of benzene rings is 1. The van der Waals surface area contributed by atoms with Crippen molar-refractivity contribution in [3.63, 3.8) is 0 Å². The van der Waals surface area contributed by atoms with E-state index < -0.39 is 0 Å². The van der Waals surface area contributed by atoms with E-state index in [1.807, 2.05) is 28.1 Å². The van der Waals surface area contributed by atoms with Crippen LogP contribution >= 0.6 is 0 Å². The highest BCUT2D eigenvalue weighted by Gasteiger charge is 2.25. The third-order valence-electron chi connectivity index (χ3n) is 6.84. The number of hydrogen-bond donors (Lipinski definition) is 4. The standard InChI is InChI=1S/C24H32N6O2.C4H10N2/c1-18(2)27-21-4-3-9-26-22(21)28-14-16-30(17-15-28)24(32)20-7-5-19(6-8-20)23(31)29-12-10-25-11-13-29;1-2-6-4-3-5-1/h3-9,18,25,27H,10-17H2,1-2H3;5-6H,1-4H2. The van der Waals surface area contributed by atoms with Crippen molar-refractivity contribution in [1.29, 1.82) is 0 Å². The zero-order valence-electron chi connectivity index (χ0n) is 22.7. The van der Waals surface area contributed by atoms with Crippen molar-refractivity contribution in [3.05, 3.63) is 53.7 Å². The Labute approximate surface area is 226 Å². The number of nitrogens with zero attached hydrogens (tertiary/aromatic N) is 4. The Kier molecular flexibility index (Phi) is 10.3. The molecule has 2 amide bonds. The monoisotopic (exact) mass is 522 g/mol. The molecule has 0 atom stereocenters. The first-order chi connectivity index (χ1) is 18.5. The van der Waals surface area contributed by atoms with Crippen LogP contribution in [0.1, 0.15) is 34.6 Å². The minimum atomic E-state index is 0.00683. The molecule has 4 N–H and O–H groups in total. The molecule has 1 aromatic carbocycles. The van der Waals surface area contributed by atoms with E-state index in [0.717, 1.165) is 63.9 Å². The Bertz CT molecular complexity index is 1020. The van der Waals surface area contributed by atoms with Gasteiger partial charge >= 0.3 is 0 Å². The predicted octanol–water partition coefficient (Wildman–Crippen LogP) is 1.09. The largest absolute Gasteiger partial charge is 0.380 e. The van der Waals surface area contributed by atoms with Gasteiger partial charge in [-0.15, -0.1) is 0 Å². The van der Waals surface area contributed by atoms with Crippen LogP contribution in [0.25, 0.3) is 0 Å². The number of aromatic nitrogens is 1. The first-order valence-electron chi connectivity index (χ1n) is 13.8. The van der Waals surface area contributed by atoms with Crippen molar-refractivity contribution >= 4 is 23.3 Å². The smallest absolute Gasteiger partial charge is 0.253 e. The number of piperazine rings is 3. The predicted molar refractivity (Wildman–Crippen MR) is 152 cm³/mol. The first-order valence-corrected chi connectivity index (χ1v) is 13.8. The zero-order chi connectivity index (χ0) is 26.7. The molecule has 10 nitrogen and oxygen atoms in total. The van der Waals surface area contributed by atoms with Crippen LogP contribution < -0.4 is 26.2 Å². The van der Waals surface area contributed by atoms with E-state index in [-0.39, 0.29) is 11.8 Å². The topological polar surface area (TPSA) is 105 Å². The molecule has 5 rings (SSSR count). The Morgan fingerprint density at radius 2 is 1.24 bits per heavy atom. The molecular formula is C28H42N8O2. The Morgan fingerprint density at radius 1 is 0.737 bits per heavy atom. The van der Waals surface area contributed by atoms with Gasteiger partial charge in [0, 0.05) is 102 Å². The lowest BCUT2D eigenvalue weighted by Crippen LogP contribution is -2.49. The number of anilines is 2. The molecule has 0 bridgehead atoms. The minimum absolute atomic E-state index is 0.00683. The average molecular weight is 523 g/mol. The van der Waals surface area contributed by atoms with Gasteiger partial charge in [0.15, 0.2) is 5.82 Å². The van der Waals surface area contributed by atoms with Crippen molar-refractivity contribution in [2.24, 2.45) is 0 Å². The number of pyridine rings is 1. The summed E-state index contributed by atoms with van der Waals surface area (Å²) in [5, 5.41) is 13.1. The van der Waals surface area contributed by atoms with Crippen molar-refractivity contribution in [2.75, 3.05) is 88.8 Å². The van der Waals surface area contributed by atoms with Gasteiger partial charge in [-0.2, -0.15) is 0 Å². The minimum Gasteiger partial charge on any atom is -0.380 e. The Balaban J connectivity index is 0.000000494. The van der Waals surface area contributed by atoms with E-state index in [9.17, 15) is 9.59 Å². The summed E-state index contributed by atoms with van der Waals surface area (Å²) in [6.45, 7) is 14.6. The van der Waals surface area contributed by atoms with Crippen LogP contribution in [0.2, 0.25) is 0 Å². The van der Waals surface area contributed by atoms with Gasteiger partial charge in [0.2, 0.25) is 0 Å². The van der Waals surface area contributed by atoms with Crippen LogP contribution in [0, 0.1) is 0 Å². The molecule has 0 saturated carbocycles. The molecule has 3 aliphatic rings. The lowest BCUT2D eigenvalue weighted by atomic mass is 10.1. The maximum absolute atomic E-state index is 13.0. The summed E-state index contributed by atoms with van der Waals surface area (Å²) in [7, 11) is 0. The quantitative estimate of drug-likeness (QED) is 0.463. The number of amides is 2. The SMILES string of the molecule is C1CNCCN1.CC(C)Nc1cccnc1N1CCN(C(=O)c2ccc(C(=O)N3CCNCC3)cc2)CC1. The summed E-state index contributed by atoms with van der Waals surface area (Å²) in [6, 6.07) is 11.4. The van der Waals surface area contributed by atoms with Crippen LogP contribution in [-0.4, -0.2) is 111 Å². The second-order valence-corrected chi connectivity index (χ2v) is 10.1. The second-order valence-electron chi connectivity index (χ2n) is 10.1. The van der Waals surface area contributed by atoms with Crippen molar-refractivity contribution in [2.45, 2.75) is 19.9 Å². The number of carbonyl (C=O) groups is 2. The van der Waals surface area contributed by atoms with Crippen LogP contribution in [0.4, 0.5) is 11.5 Å². The van der Waals surface area contributed by atoms with E-state index in [2.05, 4.69) is 45.0 Å². The summed E-state index contributed by atoms with van der Waals surface area (Å²) in [6.07, 6.45) is 1.81. The van der Waals surface area contributed by atoms with Gasteiger partial charge < -0.3 is 36.0 Å². The van der Waals surface area contributed by atoms with Gasteiger partial charge in [-0.3, -0.25) is 9.59 Å².